The van der Waals surface area contributed by atoms with Crippen molar-refractivity contribution in [2.75, 3.05) is 12.4 Å². The van der Waals surface area contributed by atoms with Crippen LogP contribution in [0.15, 0.2) is 79.0 Å². The average molecular weight is 522 g/mol. The normalized spacial score (nSPS) is 11.0. The molecule has 6 nitrogen and oxygen atoms in total. The molecule has 0 aliphatic heterocycles. The number of carbonyl (C=O) groups is 1. The number of hydrogen-bond acceptors (Lipinski definition) is 4. The number of rotatable bonds is 9. The molecule has 0 atom stereocenters. The molecule has 0 spiro atoms. The largest absolute Gasteiger partial charge is 0.496 e. The number of hydrogen-bond donors (Lipinski definition) is 1. The van der Waals surface area contributed by atoms with Crippen LogP contribution in [0.5, 0.6) is 11.5 Å². The minimum atomic E-state index is -0.289. The van der Waals surface area contributed by atoms with Crippen molar-refractivity contribution in [1.82, 2.24) is 9.78 Å². The maximum Gasteiger partial charge on any atom is 0.249 e. The molecule has 0 radical (unpaired) electrons. The molecule has 1 heterocycles. The van der Waals surface area contributed by atoms with Crippen LogP contribution in [0.1, 0.15) is 22.3 Å². The summed E-state index contributed by atoms with van der Waals surface area (Å²) in [6.07, 6.45) is 4.98. The van der Waals surface area contributed by atoms with Gasteiger partial charge in [-0.25, -0.2) is 0 Å². The van der Waals surface area contributed by atoms with Gasteiger partial charge >= 0.3 is 0 Å². The van der Waals surface area contributed by atoms with Gasteiger partial charge in [-0.2, -0.15) is 5.10 Å². The van der Waals surface area contributed by atoms with Crippen molar-refractivity contribution in [3.05, 3.63) is 111 Å². The highest BCUT2D eigenvalue weighted by atomic mass is 35.5. The maximum absolute atomic E-state index is 12.5. The van der Waals surface area contributed by atoms with Crippen LogP contribution < -0.4 is 14.8 Å². The second kappa shape index (κ2) is 11.8. The number of nitrogens with one attached hydrogen (secondary N) is 1. The molecule has 0 saturated heterocycles. The number of methoxy groups -OCH3 is 1. The first-order valence-corrected chi connectivity index (χ1v) is 12.0. The SMILES string of the molecule is COc1ccc(/C=C/C(=O)Nc2ccn(Cc3ccc(Cl)c(Cl)c3)n2)cc1COc1ccccc1C. The van der Waals surface area contributed by atoms with Gasteiger partial charge < -0.3 is 14.8 Å². The zero-order valence-electron chi connectivity index (χ0n) is 19.9. The van der Waals surface area contributed by atoms with E-state index in [4.69, 9.17) is 32.7 Å². The molecule has 1 N–H and O–H groups in total. The lowest BCUT2D eigenvalue weighted by molar-refractivity contribution is -0.111. The number of ether oxygens (including phenoxy) is 2. The van der Waals surface area contributed by atoms with Gasteiger partial charge in [0.15, 0.2) is 5.82 Å². The third kappa shape index (κ3) is 6.68. The first kappa shape index (κ1) is 25.4. The molecule has 0 bridgehead atoms. The minimum Gasteiger partial charge on any atom is -0.496 e. The molecule has 0 saturated carbocycles. The summed E-state index contributed by atoms with van der Waals surface area (Å²) in [6.45, 7) is 2.85. The zero-order valence-corrected chi connectivity index (χ0v) is 21.4. The van der Waals surface area contributed by atoms with Gasteiger partial charge in [0.1, 0.15) is 18.1 Å². The van der Waals surface area contributed by atoms with Crippen molar-refractivity contribution in [2.45, 2.75) is 20.1 Å². The van der Waals surface area contributed by atoms with Crippen molar-refractivity contribution in [3.8, 4) is 11.5 Å². The van der Waals surface area contributed by atoms with Gasteiger partial charge in [-0.1, -0.05) is 53.5 Å². The molecule has 0 fully saturated rings. The predicted octanol–water partition coefficient (Wildman–Crippen LogP) is 6.79. The van der Waals surface area contributed by atoms with E-state index >= 15 is 0 Å². The lowest BCUT2D eigenvalue weighted by Gasteiger charge is -2.12. The second-order valence-electron chi connectivity index (χ2n) is 8.10. The number of amides is 1. The molecule has 184 valence electrons. The number of aromatic nitrogens is 2. The molecule has 0 aliphatic carbocycles. The van der Waals surface area contributed by atoms with Gasteiger partial charge in [-0.3, -0.25) is 9.48 Å². The Hall–Kier alpha value is -3.74. The predicted molar refractivity (Wildman–Crippen MR) is 144 cm³/mol. The van der Waals surface area contributed by atoms with E-state index in [2.05, 4.69) is 10.4 Å². The van der Waals surface area contributed by atoms with Crippen molar-refractivity contribution in [2.24, 2.45) is 0 Å². The van der Waals surface area contributed by atoms with Gasteiger partial charge in [0.05, 0.1) is 23.7 Å². The van der Waals surface area contributed by atoms with Crippen LogP contribution in [0.4, 0.5) is 5.82 Å². The van der Waals surface area contributed by atoms with Crippen LogP contribution >= 0.6 is 23.2 Å². The van der Waals surface area contributed by atoms with Crippen molar-refractivity contribution in [3.63, 3.8) is 0 Å². The standard InChI is InChI=1S/C28H25Cl2N3O3/c1-19-5-3-4-6-25(19)36-18-22-15-20(8-11-26(22)35-2)9-12-28(34)31-27-13-14-33(32-27)17-21-7-10-23(29)24(30)16-21/h3-16H,17-18H2,1-2H3,(H,31,32,34)/b12-9+. The highest BCUT2D eigenvalue weighted by Crippen LogP contribution is 2.25. The van der Waals surface area contributed by atoms with Gasteiger partial charge in [0.25, 0.3) is 0 Å². The molecule has 3 aromatic carbocycles. The Bertz CT molecular complexity index is 1400. The van der Waals surface area contributed by atoms with E-state index in [0.29, 0.717) is 29.0 Å². The van der Waals surface area contributed by atoms with E-state index in [1.54, 1.807) is 42.3 Å². The van der Waals surface area contributed by atoms with Gasteiger partial charge in [0, 0.05) is 23.9 Å². The monoisotopic (exact) mass is 521 g/mol. The summed E-state index contributed by atoms with van der Waals surface area (Å²) < 4.78 is 13.2. The number of halogens is 2. The highest BCUT2D eigenvalue weighted by molar-refractivity contribution is 6.42. The van der Waals surface area contributed by atoms with E-state index in [1.165, 1.54) is 6.08 Å². The molecule has 1 aromatic heterocycles. The number of para-hydroxylation sites is 1. The Morgan fingerprint density at radius 2 is 1.86 bits per heavy atom. The smallest absolute Gasteiger partial charge is 0.249 e. The summed E-state index contributed by atoms with van der Waals surface area (Å²) >= 11 is 12.0. The zero-order chi connectivity index (χ0) is 25.5. The van der Waals surface area contributed by atoms with Crippen molar-refractivity contribution in [1.29, 1.82) is 0 Å². The van der Waals surface area contributed by atoms with Crippen LogP contribution in [0.2, 0.25) is 10.0 Å². The Morgan fingerprint density at radius 1 is 1.03 bits per heavy atom. The van der Waals surface area contributed by atoms with Gasteiger partial charge in [-0.15, -0.1) is 0 Å². The maximum atomic E-state index is 12.5. The molecule has 0 aliphatic rings. The van der Waals surface area contributed by atoms with Crippen LogP contribution in [0.3, 0.4) is 0 Å². The Kier molecular flexibility index (Phi) is 8.31. The third-order valence-corrected chi connectivity index (χ3v) is 6.17. The summed E-state index contributed by atoms with van der Waals surface area (Å²) in [4.78, 5) is 12.5. The summed E-state index contributed by atoms with van der Waals surface area (Å²) in [6, 6.07) is 20.7. The highest BCUT2D eigenvalue weighted by Gasteiger charge is 2.08. The van der Waals surface area contributed by atoms with E-state index in [1.807, 2.05) is 55.5 Å². The minimum absolute atomic E-state index is 0.289. The van der Waals surface area contributed by atoms with Crippen LogP contribution in [0, 0.1) is 6.92 Å². The summed E-state index contributed by atoms with van der Waals surface area (Å²) in [5.74, 6) is 1.70. The van der Waals surface area contributed by atoms with Gasteiger partial charge in [0.2, 0.25) is 5.91 Å². The average Bonchev–Trinajstić information content (AvgIpc) is 3.31. The molecule has 8 heteroatoms. The van der Waals surface area contributed by atoms with E-state index in [-0.39, 0.29) is 5.91 Å². The lowest BCUT2D eigenvalue weighted by Crippen LogP contribution is -2.09. The first-order chi connectivity index (χ1) is 17.4. The fourth-order valence-electron chi connectivity index (χ4n) is 3.57. The number of carbonyl (C=O) groups excluding carboxylic acids is 1. The van der Waals surface area contributed by atoms with Crippen LogP contribution in [0.25, 0.3) is 6.08 Å². The molecule has 1 amide bonds. The molecular formula is C28H25Cl2N3O3. The topological polar surface area (TPSA) is 65.4 Å². The van der Waals surface area contributed by atoms with Crippen LogP contribution in [-0.4, -0.2) is 22.8 Å². The summed E-state index contributed by atoms with van der Waals surface area (Å²) in [5.41, 5.74) is 3.74. The number of nitrogens with zero attached hydrogens (tertiary/aromatic N) is 2. The van der Waals surface area contributed by atoms with E-state index < -0.39 is 0 Å². The quantitative estimate of drug-likeness (QED) is 0.246. The molecular weight excluding hydrogens is 497 g/mol. The summed E-state index contributed by atoms with van der Waals surface area (Å²) in [5, 5.41) is 8.16. The third-order valence-electron chi connectivity index (χ3n) is 5.43. The fraction of sp³-hybridized carbons (Fsp3) is 0.143. The Morgan fingerprint density at radius 3 is 2.64 bits per heavy atom. The fourth-order valence-corrected chi connectivity index (χ4v) is 3.89. The summed E-state index contributed by atoms with van der Waals surface area (Å²) in [7, 11) is 1.62. The van der Waals surface area contributed by atoms with Gasteiger partial charge in [-0.05, 0) is 60.0 Å². The van der Waals surface area contributed by atoms with Crippen molar-refractivity contribution >= 4 is 41.0 Å². The van der Waals surface area contributed by atoms with Crippen molar-refractivity contribution < 1.29 is 14.3 Å². The molecule has 4 rings (SSSR count). The molecule has 36 heavy (non-hydrogen) atoms. The van der Waals surface area contributed by atoms with E-state index in [0.717, 1.165) is 33.8 Å². The number of benzene rings is 3. The first-order valence-electron chi connectivity index (χ1n) is 11.2. The Balaban J connectivity index is 1.37. The second-order valence-corrected chi connectivity index (χ2v) is 8.91. The number of anilines is 1. The molecule has 0 unspecified atom stereocenters. The Labute approximate surface area is 220 Å². The lowest BCUT2D eigenvalue weighted by atomic mass is 10.1. The van der Waals surface area contributed by atoms with E-state index in [9.17, 15) is 4.79 Å². The van der Waals surface area contributed by atoms with Crippen LogP contribution in [-0.2, 0) is 17.9 Å². The molecule has 4 aromatic rings. The number of aryl methyl sites for hydroxylation is 1.